The Morgan fingerprint density at radius 1 is 1.06 bits per heavy atom. The molecular formula is C26H31F2NO3. The van der Waals surface area contributed by atoms with Crippen molar-refractivity contribution in [2.45, 2.75) is 51.7 Å². The number of carbonyl (C=O) groups excluding carboxylic acids is 1. The molecule has 0 N–H and O–H groups in total. The summed E-state index contributed by atoms with van der Waals surface area (Å²) in [5, 5.41) is 0. The van der Waals surface area contributed by atoms with Crippen molar-refractivity contribution < 1.29 is 23.0 Å². The second-order valence-corrected chi connectivity index (χ2v) is 8.81. The lowest BCUT2D eigenvalue weighted by atomic mass is 9.83. The molecule has 0 bridgehead atoms. The number of ketones is 1. The smallest absolute Gasteiger partial charge is 0.200 e. The first-order valence-electron chi connectivity index (χ1n) is 11.6. The molecule has 2 aliphatic rings. The Morgan fingerprint density at radius 3 is 2.38 bits per heavy atom. The zero-order valence-corrected chi connectivity index (χ0v) is 18.8. The molecule has 1 aliphatic heterocycles. The summed E-state index contributed by atoms with van der Waals surface area (Å²) < 4.78 is 41.1. The molecule has 0 saturated carbocycles. The van der Waals surface area contributed by atoms with Gasteiger partial charge in [-0.2, -0.15) is 0 Å². The second kappa shape index (κ2) is 9.57. The predicted molar refractivity (Wildman–Crippen MR) is 120 cm³/mol. The first kappa shape index (κ1) is 22.7. The molecule has 1 atom stereocenters. The average molecular weight is 444 g/mol. The summed E-state index contributed by atoms with van der Waals surface area (Å²) in [4.78, 5) is 15.2. The maximum atomic E-state index is 15.9. The third-order valence-corrected chi connectivity index (χ3v) is 6.56. The molecule has 2 aromatic carbocycles. The van der Waals surface area contributed by atoms with Crippen LogP contribution in [-0.4, -0.2) is 42.7 Å². The van der Waals surface area contributed by atoms with Crippen LogP contribution in [0.1, 0.15) is 54.6 Å². The van der Waals surface area contributed by atoms with Gasteiger partial charge in [0.05, 0.1) is 13.2 Å². The van der Waals surface area contributed by atoms with Crippen molar-refractivity contribution in [3.05, 3.63) is 58.9 Å². The van der Waals surface area contributed by atoms with Crippen LogP contribution in [0.3, 0.4) is 0 Å². The van der Waals surface area contributed by atoms with E-state index in [0.29, 0.717) is 47.9 Å². The number of alkyl halides is 1. The highest BCUT2D eigenvalue weighted by Crippen LogP contribution is 2.43. The van der Waals surface area contributed by atoms with Gasteiger partial charge in [-0.1, -0.05) is 18.2 Å². The Bertz CT molecular complexity index is 972. The van der Waals surface area contributed by atoms with E-state index in [1.54, 1.807) is 24.3 Å². The molecule has 0 aromatic heterocycles. The zero-order valence-electron chi connectivity index (χ0n) is 18.8. The number of rotatable bonds is 8. The Kier molecular flexibility index (Phi) is 6.79. The van der Waals surface area contributed by atoms with Crippen LogP contribution < -0.4 is 9.47 Å². The van der Waals surface area contributed by atoms with Crippen molar-refractivity contribution in [1.29, 1.82) is 0 Å². The van der Waals surface area contributed by atoms with E-state index in [1.165, 1.54) is 6.07 Å². The number of Topliss-reactive ketones (excluding diaryl/α,β-unsaturated/α-hetero) is 1. The lowest BCUT2D eigenvalue weighted by Crippen LogP contribution is -2.39. The van der Waals surface area contributed by atoms with Crippen molar-refractivity contribution in [2.75, 3.05) is 26.3 Å². The van der Waals surface area contributed by atoms with Gasteiger partial charge in [-0.05, 0) is 75.9 Å². The molecular weight excluding hydrogens is 412 g/mol. The van der Waals surface area contributed by atoms with E-state index < -0.39 is 11.5 Å². The van der Waals surface area contributed by atoms with Crippen molar-refractivity contribution in [1.82, 2.24) is 4.90 Å². The van der Waals surface area contributed by atoms with Crippen molar-refractivity contribution in [3.63, 3.8) is 0 Å². The summed E-state index contributed by atoms with van der Waals surface area (Å²) in [6, 6.07) is 10.2. The number of fused-ring (bicyclic) bond motifs is 1. The fourth-order valence-corrected chi connectivity index (χ4v) is 4.96. The summed E-state index contributed by atoms with van der Waals surface area (Å²) in [6.07, 6.45) is 1.92. The van der Waals surface area contributed by atoms with Gasteiger partial charge < -0.3 is 9.47 Å². The minimum absolute atomic E-state index is 0.0864. The third kappa shape index (κ3) is 4.65. The van der Waals surface area contributed by atoms with Gasteiger partial charge in [-0.25, -0.2) is 8.78 Å². The van der Waals surface area contributed by atoms with Gasteiger partial charge >= 0.3 is 0 Å². The van der Waals surface area contributed by atoms with Gasteiger partial charge in [0.15, 0.2) is 17.2 Å². The van der Waals surface area contributed by atoms with E-state index in [1.807, 2.05) is 19.9 Å². The van der Waals surface area contributed by atoms with Gasteiger partial charge in [0.1, 0.15) is 5.82 Å². The molecule has 1 heterocycles. The normalized spacial score (nSPS) is 21.6. The maximum Gasteiger partial charge on any atom is 0.200 e. The van der Waals surface area contributed by atoms with Crippen LogP contribution in [0.2, 0.25) is 0 Å². The standard InChI is InChI=1S/C26H31F2NO3/c1-3-31-23-13-20-16-26(28,25(30)21(20)14-24(23)32-4-2)15-18-9-11-29(12-10-18)17-19-7-5-6-8-22(19)27/h5-8,13-14,18H,3-4,9-12,15-17H2,1-2H3. The quantitative estimate of drug-likeness (QED) is 0.550. The lowest BCUT2D eigenvalue weighted by molar-refractivity contribution is 0.0586. The van der Waals surface area contributed by atoms with Crippen LogP contribution in [0, 0.1) is 11.7 Å². The van der Waals surface area contributed by atoms with Crippen molar-refractivity contribution in [2.24, 2.45) is 5.92 Å². The van der Waals surface area contributed by atoms with Crippen LogP contribution in [-0.2, 0) is 13.0 Å². The Hall–Kier alpha value is -2.47. The molecule has 6 heteroatoms. The molecule has 4 nitrogen and oxygen atoms in total. The minimum Gasteiger partial charge on any atom is -0.490 e. The van der Waals surface area contributed by atoms with Crippen LogP contribution >= 0.6 is 0 Å². The van der Waals surface area contributed by atoms with Crippen molar-refractivity contribution >= 4 is 5.78 Å². The molecule has 1 saturated heterocycles. The van der Waals surface area contributed by atoms with E-state index in [2.05, 4.69) is 4.90 Å². The number of likely N-dealkylation sites (tertiary alicyclic amines) is 1. The summed E-state index contributed by atoms with van der Waals surface area (Å²) in [6.45, 7) is 6.77. The predicted octanol–water partition coefficient (Wildman–Crippen LogP) is 5.37. The summed E-state index contributed by atoms with van der Waals surface area (Å²) in [7, 11) is 0. The highest BCUT2D eigenvalue weighted by atomic mass is 19.1. The fraction of sp³-hybridized carbons (Fsp3) is 0.500. The van der Waals surface area contributed by atoms with Gasteiger partial charge in [0, 0.05) is 24.1 Å². The third-order valence-electron chi connectivity index (χ3n) is 6.56. The van der Waals surface area contributed by atoms with E-state index in [-0.39, 0.29) is 24.6 Å². The average Bonchev–Trinajstić information content (AvgIpc) is 3.01. The Labute approximate surface area is 188 Å². The molecule has 32 heavy (non-hydrogen) atoms. The first-order valence-corrected chi connectivity index (χ1v) is 11.6. The lowest BCUT2D eigenvalue weighted by Gasteiger charge is -2.34. The second-order valence-electron chi connectivity index (χ2n) is 8.81. The number of benzene rings is 2. The van der Waals surface area contributed by atoms with Gasteiger partial charge in [0.25, 0.3) is 0 Å². The first-order chi connectivity index (χ1) is 15.4. The molecule has 0 amide bonds. The molecule has 1 aliphatic carbocycles. The molecule has 2 aromatic rings. The van der Waals surface area contributed by atoms with Gasteiger partial charge in [-0.3, -0.25) is 9.69 Å². The number of piperidine rings is 1. The SMILES string of the molecule is CCOc1cc2c(cc1OCC)C(=O)C(F)(CC1CCN(Cc3ccccc3F)CC1)C2. The number of hydrogen-bond acceptors (Lipinski definition) is 4. The van der Waals surface area contributed by atoms with E-state index in [9.17, 15) is 9.18 Å². The Balaban J connectivity index is 1.40. The van der Waals surface area contributed by atoms with Crippen LogP contribution in [0.15, 0.2) is 36.4 Å². The largest absolute Gasteiger partial charge is 0.490 e. The minimum atomic E-state index is -1.88. The summed E-state index contributed by atoms with van der Waals surface area (Å²) >= 11 is 0. The zero-order chi connectivity index (χ0) is 22.7. The number of ether oxygens (including phenoxy) is 2. The highest BCUT2D eigenvalue weighted by molar-refractivity contribution is 6.07. The van der Waals surface area contributed by atoms with Crippen LogP contribution in [0.25, 0.3) is 0 Å². The topological polar surface area (TPSA) is 38.8 Å². The monoisotopic (exact) mass is 443 g/mol. The maximum absolute atomic E-state index is 15.9. The number of hydrogen-bond donors (Lipinski definition) is 0. The number of halogens is 2. The Morgan fingerprint density at radius 2 is 1.72 bits per heavy atom. The van der Waals surface area contributed by atoms with E-state index in [0.717, 1.165) is 25.9 Å². The van der Waals surface area contributed by atoms with Crippen molar-refractivity contribution in [3.8, 4) is 11.5 Å². The molecule has 1 unspecified atom stereocenters. The van der Waals surface area contributed by atoms with Gasteiger partial charge in [0.2, 0.25) is 5.78 Å². The highest BCUT2D eigenvalue weighted by Gasteiger charge is 2.48. The van der Waals surface area contributed by atoms with E-state index in [4.69, 9.17) is 9.47 Å². The van der Waals surface area contributed by atoms with Gasteiger partial charge in [-0.15, -0.1) is 0 Å². The van der Waals surface area contributed by atoms with Crippen LogP contribution in [0.4, 0.5) is 8.78 Å². The van der Waals surface area contributed by atoms with Crippen LogP contribution in [0.5, 0.6) is 11.5 Å². The molecule has 1 fully saturated rings. The molecule has 172 valence electrons. The molecule has 0 spiro atoms. The summed E-state index contributed by atoms with van der Waals surface area (Å²) in [5.74, 6) is 0.557. The number of carbonyl (C=O) groups is 1. The molecule has 4 rings (SSSR count). The number of nitrogens with zero attached hydrogens (tertiary/aromatic N) is 1. The fourth-order valence-electron chi connectivity index (χ4n) is 4.96. The molecule has 0 radical (unpaired) electrons. The summed E-state index contributed by atoms with van der Waals surface area (Å²) in [5.41, 5.74) is -0.0861. The van der Waals surface area contributed by atoms with E-state index >= 15 is 4.39 Å².